The minimum Gasteiger partial charge on any atom is -0.452 e. The number of aryl methyl sites for hydroxylation is 1. The molecular formula is C18H21ClN2O2S. The Bertz CT molecular complexity index is 943. The average Bonchev–Trinajstić information content (AvgIpc) is 2.85. The zero-order chi connectivity index (χ0) is 17.6. The summed E-state index contributed by atoms with van der Waals surface area (Å²) in [6.07, 6.45) is 1.68. The number of aromatic nitrogens is 1. The van der Waals surface area contributed by atoms with E-state index in [-0.39, 0.29) is 10.8 Å². The van der Waals surface area contributed by atoms with Crippen LogP contribution < -0.4 is 4.72 Å². The van der Waals surface area contributed by atoms with Crippen molar-refractivity contribution in [3.63, 3.8) is 0 Å². The highest BCUT2D eigenvalue weighted by atomic mass is 35.5. The SMILES string of the molecule is Cc1cc([C@@H](C)N[S@](=O)C(C)(C)C)c2oc3c(Cl)ccnc3c2c1. The van der Waals surface area contributed by atoms with Gasteiger partial charge < -0.3 is 4.42 Å². The molecule has 2 atom stereocenters. The standard InChI is InChI=1S/C18H21ClN2O2S/c1-10-8-12(11(2)21-24(22)18(3,4)5)16-13(9-10)15-17(23-16)14(19)6-7-20-15/h6-9,11,21H,1-5H3/t11-,24-/m1/s1. The smallest absolute Gasteiger partial charge is 0.172 e. The van der Waals surface area contributed by atoms with Crippen molar-refractivity contribution in [1.82, 2.24) is 9.71 Å². The summed E-state index contributed by atoms with van der Waals surface area (Å²) in [5, 5.41) is 1.47. The molecule has 0 aliphatic carbocycles. The van der Waals surface area contributed by atoms with Gasteiger partial charge in [-0.25, -0.2) is 8.93 Å². The van der Waals surface area contributed by atoms with Gasteiger partial charge in [0.1, 0.15) is 11.1 Å². The second-order valence-corrected chi connectivity index (χ2v) is 9.43. The molecule has 2 aromatic heterocycles. The van der Waals surface area contributed by atoms with Gasteiger partial charge in [-0.1, -0.05) is 17.7 Å². The van der Waals surface area contributed by atoms with Crippen molar-refractivity contribution in [2.75, 3.05) is 0 Å². The second kappa shape index (κ2) is 6.14. The maximum atomic E-state index is 12.4. The molecule has 2 heterocycles. The van der Waals surface area contributed by atoms with Gasteiger partial charge in [-0.15, -0.1) is 0 Å². The summed E-state index contributed by atoms with van der Waals surface area (Å²) in [4.78, 5) is 4.41. The fourth-order valence-corrected chi connectivity index (χ4v) is 3.62. The molecule has 0 saturated carbocycles. The molecule has 0 spiro atoms. The zero-order valence-corrected chi connectivity index (χ0v) is 16.0. The molecule has 0 unspecified atom stereocenters. The predicted octanol–water partition coefficient (Wildman–Crippen LogP) is 5.06. The van der Waals surface area contributed by atoms with Gasteiger partial charge in [0.15, 0.2) is 5.58 Å². The fourth-order valence-electron chi connectivity index (χ4n) is 2.63. The lowest BCUT2D eigenvalue weighted by Crippen LogP contribution is -2.34. The predicted molar refractivity (Wildman–Crippen MR) is 101 cm³/mol. The summed E-state index contributed by atoms with van der Waals surface area (Å²) in [5.41, 5.74) is 4.13. The first-order chi connectivity index (χ1) is 11.2. The summed E-state index contributed by atoms with van der Waals surface area (Å²) < 4.78 is 21.3. The van der Waals surface area contributed by atoms with Gasteiger partial charge in [0.25, 0.3) is 0 Å². The number of halogens is 1. The molecule has 128 valence electrons. The largest absolute Gasteiger partial charge is 0.452 e. The summed E-state index contributed by atoms with van der Waals surface area (Å²) in [7, 11) is -1.17. The minimum absolute atomic E-state index is 0.133. The Kier molecular flexibility index (Phi) is 4.45. The number of fused-ring (bicyclic) bond motifs is 3. The van der Waals surface area contributed by atoms with E-state index in [0.29, 0.717) is 10.6 Å². The molecule has 0 amide bonds. The Balaban J connectivity index is 2.16. The highest BCUT2D eigenvalue weighted by molar-refractivity contribution is 7.84. The first kappa shape index (κ1) is 17.4. The lowest BCUT2D eigenvalue weighted by molar-refractivity contribution is 0.609. The van der Waals surface area contributed by atoms with Crippen molar-refractivity contribution in [2.45, 2.75) is 45.4 Å². The van der Waals surface area contributed by atoms with E-state index in [4.69, 9.17) is 16.0 Å². The Hall–Kier alpha value is -1.43. The van der Waals surface area contributed by atoms with E-state index in [2.05, 4.69) is 15.8 Å². The van der Waals surface area contributed by atoms with Crippen molar-refractivity contribution < 1.29 is 8.63 Å². The summed E-state index contributed by atoms with van der Waals surface area (Å²) in [6.45, 7) is 9.85. The molecule has 0 saturated heterocycles. The van der Waals surface area contributed by atoms with Crippen molar-refractivity contribution >= 4 is 44.7 Å². The third-order valence-electron chi connectivity index (χ3n) is 3.88. The monoisotopic (exact) mass is 364 g/mol. The van der Waals surface area contributed by atoms with Crippen LogP contribution in [0.15, 0.2) is 28.8 Å². The molecule has 4 nitrogen and oxygen atoms in total. The highest BCUT2D eigenvalue weighted by Crippen LogP contribution is 2.36. The summed E-state index contributed by atoms with van der Waals surface area (Å²) >= 11 is 6.25. The molecular weight excluding hydrogens is 344 g/mol. The maximum absolute atomic E-state index is 12.4. The molecule has 1 aromatic carbocycles. The van der Waals surface area contributed by atoms with Gasteiger partial charge in [0.2, 0.25) is 0 Å². The van der Waals surface area contributed by atoms with E-state index in [0.717, 1.165) is 27.6 Å². The number of hydrogen-bond acceptors (Lipinski definition) is 3. The summed E-state index contributed by atoms with van der Waals surface area (Å²) in [5.74, 6) is 0. The number of rotatable bonds is 3. The van der Waals surface area contributed by atoms with Crippen LogP contribution in [0.3, 0.4) is 0 Å². The van der Waals surface area contributed by atoms with Crippen LogP contribution in [0, 0.1) is 6.92 Å². The van der Waals surface area contributed by atoms with Gasteiger partial charge in [-0.3, -0.25) is 4.98 Å². The molecule has 3 aromatic rings. The third-order valence-corrected chi connectivity index (χ3v) is 5.86. The molecule has 0 radical (unpaired) electrons. The highest BCUT2D eigenvalue weighted by Gasteiger charge is 2.24. The van der Waals surface area contributed by atoms with Crippen LogP contribution in [0.2, 0.25) is 5.02 Å². The van der Waals surface area contributed by atoms with Crippen LogP contribution >= 0.6 is 11.6 Å². The van der Waals surface area contributed by atoms with Crippen LogP contribution in [0.1, 0.15) is 44.9 Å². The van der Waals surface area contributed by atoms with Crippen LogP contribution in [0.25, 0.3) is 22.1 Å². The molecule has 0 aliphatic rings. The van der Waals surface area contributed by atoms with Crippen LogP contribution in [0.5, 0.6) is 0 Å². The van der Waals surface area contributed by atoms with Crippen molar-refractivity contribution in [3.8, 4) is 0 Å². The molecule has 1 N–H and O–H groups in total. The molecule has 0 aliphatic heterocycles. The Morgan fingerprint density at radius 3 is 2.67 bits per heavy atom. The topological polar surface area (TPSA) is 55.1 Å². The number of benzene rings is 1. The van der Waals surface area contributed by atoms with Crippen molar-refractivity contribution in [1.29, 1.82) is 0 Å². The second-order valence-electron chi connectivity index (χ2n) is 7.02. The molecule has 24 heavy (non-hydrogen) atoms. The lowest BCUT2D eigenvalue weighted by Gasteiger charge is -2.22. The summed E-state index contributed by atoms with van der Waals surface area (Å²) in [6, 6.07) is 5.68. The number of nitrogens with one attached hydrogen (secondary N) is 1. The fraction of sp³-hybridized carbons (Fsp3) is 0.389. The normalized spacial score (nSPS) is 15.1. The Morgan fingerprint density at radius 2 is 2.00 bits per heavy atom. The van der Waals surface area contributed by atoms with Crippen molar-refractivity contribution in [3.05, 3.63) is 40.5 Å². The number of nitrogens with zero attached hydrogens (tertiary/aromatic N) is 1. The van der Waals surface area contributed by atoms with E-state index >= 15 is 0 Å². The minimum atomic E-state index is -1.17. The van der Waals surface area contributed by atoms with E-state index in [1.54, 1.807) is 12.3 Å². The zero-order valence-electron chi connectivity index (χ0n) is 14.4. The Labute approximate surface area is 149 Å². The van der Waals surface area contributed by atoms with Gasteiger partial charge in [-0.2, -0.15) is 0 Å². The van der Waals surface area contributed by atoms with Gasteiger partial charge in [-0.05, 0) is 52.3 Å². The van der Waals surface area contributed by atoms with Crippen LogP contribution in [-0.4, -0.2) is 13.9 Å². The number of pyridine rings is 1. The molecule has 0 fully saturated rings. The molecule has 6 heteroatoms. The van der Waals surface area contributed by atoms with Gasteiger partial charge in [0, 0.05) is 23.2 Å². The van der Waals surface area contributed by atoms with Crippen LogP contribution in [-0.2, 0) is 11.0 Å². The Morgan fingerprint density at radius 1 is 1.29 bits per heavy atom. The van der Waals surface area contributed by atoms with Crippen LogP contribution in [0.4, 0.5) is 0 Å². The van der Waals surface area contributed by atoms with E-state index in [9.17, 15) is 4.21 Å². The van der Waals surface area contributed by atoms with E-state index < -0.39 is 11.0 Å². The van der Waals surface area contributed by atoms with Gasteiger partial charge >= 0.3 is 0 Å². The van der Waals surface area contributed by atoms with E-state index in [1.165, 1.54) is 0 Å². The van der Waals surface area contributed by atoms with Crippen molar-refractivity contribution in [2.24, 2.45) is 0 Å². The lowest BCUT2D eigenvalue weighted by atomic mass is 10.0. The number of hydrogen-bond donors (Lipinski definition) is 1. The molecule has 3 rings (SSSR count). The first-order valence-corrected chi connectivity index (χ1v) is 9.36. The van der Waals surface area contributed by atoms with E-state index in [1.807, 2.05) is 40.7 Å². The van der Waals surface area contributed by atoms with Gasteiger partial charge in [0.05, 0.1) is 20.8 Å². The third kappa shape index (κ3) is 3.08. The quantitative estimate of drug-likeness (QED) is 0.707. The first-order valence-electron chi connectivity index (χ1n) is 7.84. The maximum Gasteiger partial charge on any atom is 0.172 e. The molecule has 0 bridgehead atoms. The average molecular weight is 365 g/mol. The number of furan rings is 1.